The Morgan fingerprint density at radius 2 is 1.90 bits per heavy atom. The van der Waals surface area contributed by atoms with Gasteiger partial charge in [-0.15, -0.1) is 0 Å². The highest BCUT2D eigenvalue weighted by Crippen LogP contribution is 2.36. The lowest BCUT2D eigenvalue weighted by atomic mass is 9.75. The molecule has 0 unspecified atom stereocenters. The number of nitrogens with zero attached hydrogens (tertiary/aromatic N) is 1. The molecule has 0 radical (unpaired) electrons. The zero-order chi connectivity index (χ0) is 14.2. The van der Waals surface area contributed by atoms with Crippen LogP contribution in [0.3, 0.4) is 0 Å². The Kier molecular flexibility index (Phi) is 3.28. The van der Waals surface area contributed by atoms with Crippen molar-refractivity contribution in [3.63, 3.8) is 0 Å². The monoisotopic (exact) mass is 269 g/mol. The summed E-state index contributed by atoms with van der Waals surface area (Å²) in [7, 11) is 0. The highest BCUT2D eigenvalue weighted by atomic mass is 15.0. The Morgan fingerprint density at radius 3 is 2.65 bits per heavy atom. The van der Waals surface area contributed by atoms with Crippen molar-refractivity contribution >= 4 is 22.4 Å². The van der Waals surface area contributed by atoms with Crippen LogP contribution in [0, 0.1) is 5.41 Å². The van der Waals surface area contributed by atoms with Crippen LogP contribution >= 0.6 is 0 Å². The third kappa shape index (κ3) is 2.87. The largest absolute Gasteiger partial charge is 0.399 e. The van der Waals surface area contributed by atoms with Gasteiger partial charge in [-0.2, -0.15) is 0 Å². The Bertz CT molecular complexity index is 609. The Hall–Kier alpha value is -1.77. The van der Waals surface area contributed by atoms with E-state index in [9.17, 15) is 0 Å². The molecular formula is C17H23N3. The normalized spacial score (nSPS) is 19.1. The summed E-state index contributed by atoms with van der Waals surface area (Å²) in [5.41, 5.74) is 8.09. The third-order valence-corrected chi connectivity index (χ3v) is 4.40. The average molecular weight is 269 g/mol. The Balaban J connectivity index is 1.73. The summed E-state index contributed by atoms with van der Waals surface area (Å²) in [6.45, 7) is 4.73. The number of hydrogen-bond acceptors (Lipinski definition) is 3. The van der Waals surface area contributed by atoms with Crippen molar-refractivity contribution in [3.8, 4) is 0 Å². The zero-order valence-electron chi connectivity index (χ0n) is 12.3. The number of pyridine rings is 1. The van der Waals surface area contributed by atoms with Crippen molar-refractivity contribution in [2.75, 3.05) is 11.1 Å². The minimum absolute atomic E-state index is 0.506. The second-order valence-corrected chi connectivity index (χ2v) is 6.73. The molecule has 3 rings (SSSR count). The number of anilines is 2. The Morgan fingerprint density at radius 1 is 1.15 bits per heavy atom. The van der Waals surface area contributed by atoms with E-state index in [1.165, 1.54) is 25.7 Å². The fourth-order valence-corrected chi connectivity index (χ4v) is 2.98. The van der Waals surface area contributed by atoms with Crippen LogP contribution in [0.4, 0.5) is 11.5 Å². The first-order chi connectivity index (χ1) is 9.52. The average Bonchev–Trinajstić information content (AvgIpc) is 2.41. The lowest BCUT2D eigenvalue weighted by Crippen LogP contribution is -2.30. The summed E-state index contributed by atoms with van der Waals surface area (Å²) in [6, 6.07) is 10.6. The minimum Gasteiger partial charge on any atom is -0.399 e. The number of nitrogen functional groups attached to an aromatic ring is 1. The van der Waals surface area contributed by atoms with E-state index in [1.807, 2.05) is 18.2 Å². The predicted octanol–water partition coefficient (Wildman–Crippen LogP) is 4.20. The van der Waals surface area contributed by atoms with Gasteiger partial charge in [-0.1, -0.05) is 13.8 Å². The van der Waals surface area contributed by atoms with Crippen molar-refractivity contribution in [1.29, 1.82) is 0 Å². The third-order valence-electron chi connectivity index (χ3n) is 4.40. The van der Waals surface area contributed by atoms with E-state index in [0.717, 1.165) is 22.4 Å². The van der Waals surface area contributed by atoms with Crippen LogP contribution in [0.25, 0.3) is 10.9 Å². The van der Waals surface area contributed by atoms with E-state index in [2.05, 4.69) is 36.3 Å². The first-order valence-corrected chi connectivity index (χ1v) is 7.45. The molecule has 0 saturated heterocycles. The van der Waals surface area contributed by atoms with E-state index in [0.29, 0.717) is 11.5 Å². The molecular weight excluding hydrogens is 246 g/mol. The molecule has 0 aliphatic heterocycles. The second kappa shape index (κ2) is 4.97. The first-order valence-electron chi connectivity index (χ1n) is 7.45. The molecule has 1 aromatic carbocycles. The predicted molar refractivity (Wildman–Crippen MR) is 85.8 cm³/mol. The summed E-state index contributed by atoms with van der Waals surface area (Å²) in [4.78, 5) is 4.68. The number of benzene rings is 1. The van der Waals surface area contributed by atoms with Crippen LogP contribution in [-0.2, 0) is 0 Å². The van der Waals surface area contributed by atoms with Crippen molar-refractivity contribution in [3.05, 3.63) is 30.3 Å². The summed E-state index contributed by atoms with van der Waals surface area (Å²) in [5, 5.41) is 4.68. The van der Waals surface area contributed by atoms with E-state index < -0.39 is 0 Å². The summed E-state index contributed by atoms with van der Waals surface area (Å²) >= 11 is 0. The van der Waals surface area contributed by atoms with E-state index >= 15 is 0 Å². The van der Waals surface area contributed by atoms with Crippen molar-refractivity contribution in [2.45, 2.75) is 45.6 Å². The number of aromatic nitrogens is 1. The number of nitrogens with one attached hydrogen (secondary N) is 1. The standard InChI is InChI=1S/C17H23N3/c1-17(2)9-7-14(8-10-17)19-16-6-3-12-11-13(18)4-5-15(12)20-16/h3-6,11,14H,7-10,18H2,1-2H3,(H,19,20). The number of hydrogen-bond donors (Lipinski definition) is 2. The SMILES string of the molecule is CC1(C)CCC(Nc2ccc3cc(N)ccc3n2)CC1. The van der Waals surface area contributed by atoms with Crippen LogP contribution in [-0.4, -0.2) is 11.0 Å². The number of nitrogens with two attached hydrogens (primary N) is 1. The first kappa shape index (κ1) is 13.2. The smallest absolute Gasteiger partial charge is 0.126 e. The second-order valence-electron chi connectivity index (χ2n) is 6.73. The molecule has 2 aromatic rings. The van der Waals surface area contributed by atoms with Crippen LogP contribution in [0.1, 0.15) is 39.5 Å². The van der Waals surface area contributed by atoms with Crippen LogP contribution in [0.5, 0.6) is 0 Å². The lowest BCUT2D eigenvalue weighted by Gasteiger charge is -2.34. The molecule has 3 nitrogen and oxygen atoms in total. The molecule has 3 N–H and O–H groups in total. The molecule has 1 saturated carbocycles. The topological polar surface area (TPSA) is 50.9 Å². The van der Waals surface area contributed by atoms with E-state index in [-0.39, 0.29) is 0 Å². The number of fused-ring (bicyclic) bond motifs is 1. The molecule has 1 aliphatic carbocycles. The maximum absolute atomic E-state index is 5.79. The highest BCUT2D eigenvalue weighted by Gasteiger charge is 2.26. The quantitative estimate of drug-likeness (QED) is 0.803. The van der Waals surface area contributed by atoms with Gasteiger partial charge in [0.1, 0.15) is 5.82 Å². The van der Waals surface area contributed by atoms with Gasteiger partial charge in [0.2, 0.25) is 0 Å². The fraction of sp³-hybridized carbons (Fsp3) is 0.471. The van der Waals surface area contributed by atoms with Gasteiger partial charge in [0, 0.05) is 17.1 Å². The number of rotatable bonds is 2. The molecule has 0 amide bonds. The highest BCUT2D eigenvalue weighted by molar-refractivity contribution is 5.83. The molecule has 0 atom stereocenters. The van der Waals surface area contributed by atoms with Crippen molar-refractivity contribution in [1.82, 2.24) is 4.98 Å². The van der Waals surface area contributed by atoms with Gasteiger partial charge in [-0.05, 0) is 61.4 Å². The zero-order valence-corrected chi connectivity index (χ0v) is 12.3. The van der Waals surface area contributed by atoms with Gasteiger partial charge < -0.3 is 11.1 Å². The van der Waals surface area contributed by atoms with Gasteiger partial charge in [-0.25, -0.2) is 4.98 Å². The van der Waals surface area contributed by atoms with Crippen LogP contribution in [0.2, 0.25) is 0 Å². The van der Waals surface area contributed by atoms with Crippen molar-refractivity contribution in [2.24, 2.45) is 5.41 Å². The molecule has 1 heterocycles. The van der Waals surface area contributed by atoms with Crippen LogP contribution < -0.4 is 11.1 Å². The van der Waals surface area contributed by atoms with Gasteiger partial charge in [-0.3, -0.25) is 0 Å². The molecule has 106 valence electrons. The van der Waals surface area contributed by atoms with Gasteiger partial charge >= 0.3 is 0 Å². The molecule has 1 aliphatic rings. The molecule has 0 spiro atoms. The molecule has 3 heteroatoms. The van der Waals surface area contributed by atoms with Gasteiger partial charge in [0.15, 0.2) is 0 Å². The molecule has 1 aromatic heterocycles. The maximum atomic E-state index is 5.79. The minimum atomic E-state index is 0.506. The molecule has 20 heavy (non-hydrogen) atoms. The van der Waals surface area contributed by atoms with Gasteiger partial charge in [0.25, 0.3) is 0 Å². The maximum Gasteiger partial charge on any atom is 0.126 e. The van der Waals surface area contributed by atoms with Gasteiger partial charge in [0.05, 0.1) is 5.52 Å². The van der Waals surface area contributed by atoms with Crippen LogP contribution in [0.15, 0.2) is 30.3 Å². The summed E-state index contributed by atoms with van der Waals surface area (Å²) in [6.07, 6.45) is 5.03. The summed E-state index contributed by atoms with van der Waals surface area (Å²) < 4.78 is 0. The van der Waals surface area contributed by atoms with Crippen molar-refractivity contribution < 1.29 is 0 Å². The fourth-order valence-electron chi connectivity index (χ4n) is 2.98. The Labute approximate surface area is 120 Å². The lowest BCUT2D eigenvalue weighted by molar-refractivity contribution is 0.232. The molecule has 0 bridgehead atoms. The molecule has 1 fully saturated rings. The van der Waals surface area contributed by atoms with E-state index in [4.69, 9.17) is 5.73 Å². The van der Waals surface area contributed by atoms with E-state index in [1.54, 1.807) is 0 Å². The summed E-state index contributed by atoms with van der Waals surface area (Å²) in [5.74, 6) is 0.979.